The number of nitrogens with two attached hydrogens (primary N) is 1. The van der Waals surface area contributed by atoms with E-state index in [0.717, 1.165) is 16.1 Å². The number of nitrogens with zero attached hydrogens (tertiary/aromatic N) is 1. The molecule has 3 heteroatoms. The molecule has 0 amide bonds. The Bertz CT molecular complexity index is 597. The fraction of sp³-hybridized carbons (Fsp3) is 0.133. The van der Waals surface area contributed by atoms with Crippen molar-refractivity contribution in [3.63, 3.8) is 0 Å². The minimum atomic E-state index is 0.204. The van der Waals surface area contributed by atoms with E-state index in [1.165, 1.54) is 0 Å². The fourth-order valence-corrected chi connectivity index (χ4v) is 2.01. The third-order valence-corrected chi connectivity index (χ3v) is 3.32. The first kappa shape index (κ1) is 12.5. The molecule has 2 aromatic rings. The van der Waals surface area contributed by atoms with Crippen LogP contribution in [0.5, 0.6) is 0 Å². The van der Waals surface area contributed by atoms with E-state index < -0.39 is 0 Å². The van der Waals surface area contributed by atoms with E-state index in [1.54, 1.807) is 6.07 Å². The lowest BCUT2D eigenvalue weighted by molar-refractivity contribution is 0.922. The highest BCUT2D eigenvalue weighted by Crippen LogP contribution is 2.27. The van der Waals surface area contributed by atoms with E-state index >= 15 is 0 Å². The van der Waals surface area contributed by atoms with Gasteiger partial charge in [0.1, 0.15) is 6.07 Å². The third-order valence-electron chi connectivity index (χ3n) is 3.07. The summed E-state index contributed by atoms with van der Waals surface area (Å²) in [5.41, 5.74) is 8.99. The standard InChI is InChI=1S/C15H13ClN2/c1-10(11-2-5-14(16)6-3-11)12-4-7-15(18)13(8-12)9-17/h2-8,10H,18H2,1H3/t10-/m0/s1. The molecular weight excluding hydrogens is 244 g/mol. The molecule has 2 aromatic carbocycles. The minimum Gasteiger partial charge on any atom is -0.398 e. The lowest BCUT2D eigenvalue weighted by atomic mass is 9.92. The van der Waals surface area contributed by atoms with Crippen LogP contribution in [0.3, 0.4) is 0 Å². The summed E-state index contributed by atoms with van der Waals surface area (Å²) in [7, 11) is 0. The van der Waals surface area contributed by atoms with Gasteiger partial charge < -0.3 is 5.73 Å². The van der Waals surface area contributed by atoms with E-state index in [2.05, 4.69) is 13.0 Å². The highest BCUT2D eigenvalue weighted by molar-refractivity contribution is 6.30. The number of nitriles is 1. The van der Waals surface area contributed by atoms with Gasteiger partial charge in [0, 0.05) is 16.6 Å². The van der Waals surface area contributed by atoms with Crippen LogP contribution < -0.4 is 5.73 Å². The largest absolute Gasteiger partial charge is 0.398 e. The molecule has 18 heavy (non-hydrogen) atoms. The summed E-state index contributed by atoms with van der Waals surface area (Å²) in [5, 5.41) is 9.71. The van der Waals surface area contributed by atoms with Crippen molar-refractivity contribution in [1.82, 2.24) is 0 Å². The number of hydrogen-bond donors (Lipinski definition) is 1. The zero-order chi connectivity index (χ0) is 13.1. The van der Waals surface area contributed by atoms with E-state index in [0.29, 0.717) is 11.3 Å². The monoisotopic (exact) mass is 256 g/mol. The molecule has 0 spiro atoms. The Morgan fingerprint density at radius 2 is 1.72 bits per heavy atom. The minimum absolute atomic E-state index is 0.204. The Morgan fingerprint density at radius 1 is 1.11 bits per heavy atom. The number of hydrogen-bond acceptors (Lipinski definition) is 2. The average molecular weight is 257 g/mol. The van der Waals surface area contributed by atoms with Crippen LogP contribution >= 0.6 is 11.6 Å². The quantitative estimate of drug-likeness (QED) is 0.828. The first-order chi connectivity index (χ1) is 8.61. The van der Waals surface area contributed by atoms with Crippen LogP contribution in [0, 0.1) is 11.3 Å². The summed E-state index contributed by atoms with van der Waals surface area (Å²) >= 11 is 5.87. The molecule has 0 aliphatic rings. The van der Waals surface area contributed by atoms with E-state index in [1.807, 2.05) is 36.4 Å². The molecule has 0 bridgehead atoms. The van der Waals surface area contributed by atoms with Gasteiger partial charge in [-0.2, -0.15) is 5.26 Å². The van der Waals surface area contributed by atoms with E-state index in [4.69, 9.17) is 22.6 Å². The Kier molecular flexibility index (Phi) is 3.55. The van der Waals surface area contributed by atoms with E-state index in [9.17, 15) is 0 Å². The van der Waals surface area contributed by atoms with Crippen LogP contribution in [-0.4, -0.2) is 0 Å². The maximum Gasteiger partial charge on any atom is 0.101 e. The van der Waals surface area contributed by atoms with Gasteiger partial charge in [-0.1, -0.05) is 36.7 Å². The maximum absolute atomic E-state index is 8.98. The molecule has 0 saturated heterocycles. The summed E-state index contributed by atoms with van der Waals surface area (Å²) in [6.07, 6.45) is 0. The molecule has 2 rings (SSSR count). The first-order valence-electron chi connectivity index (χ1n) is 5.67. The number of nitrogen functional groups attached to an aromatic ring is 1. The van der Waals surface area contributed by atoms with Gasteiger partial charge >= 0.3 is 0 Å². The summed E-state index contributed by atoms with van der Waals surface area (Å²) in [6.45, 7) is 2.09. The molecule has 2 nitrogen and oxygen atoms in total. The van der Waals surface area contributed by atoms with Crippen LogP contribution in [-0.2, 0) is 0 Å². The molecule has 1 atom stereocenters. The number of benzene rings is 2. The van der Waals surface area contributed by atoms with Crippen molar-refractivity contribution in [1.29, 1.82) is 5.26 Å². The smallest absolute Gasteiger partial charge is 0.101 e. The Balaban J connectivity index is 2.37. The lowest BCUT2D eigenvalue weighted by Crippen LogP contribution is -1.98. The molecule has 2 N–H and O–H groups in total. The number of anilines is 1. The SMILES string of the molecule is C[C@@H](c1ccc(Cl)cc1)c1ccc(N)c(C#N)c1. The Hall–Kier alpha value is -1.98. The second kappa shape index (κ2) is 5.12. The van der Waals surface area contributed by atoms with Gasteiger partial charge in [-0.25, -0.2) is 0 Å². The molecular formula is C15H13ClN2. The third kappa shape index (κ3) is 2.47. The topological polar surface area (TPSA) is 49.8 Å². The predicted octanol–water partition coefficient (Wildman–Crippen LogP) is 3.95. The van der Waals surface area contributed by atoms with Crippen molar-refractivity contribution < 1.29 is 0 Å². The zero-order valence-corrected chi connectivity index (χ0v) is 10.8. The zero-order valence-electron chi connectivity index (χ0n) is 10.0. The summed E-state index contributed by atoms with van der Waals surface area (Å²) < 4.78 is 0. The van der Waals surface area contributed by atoms with Gasteiger partial charge in [-0.15, -0.1) is 0 Å². The van der Waals surface area contributed by atoms with Crippen LogP contribution in [0.1, 0.15) is 29.5 Å². The molecule has 0 aliphatic heterocycles. The maximum atomic E-state index is 8.98. The van der Waals surface area contributed by atoms with Crippen molar-refractivity contribution in [2.24, 2.45) is 0 Å². The first-order valence-corrected chi connectivity index (χ1v) is 6.04. The van der Waals surface area contributed by atoms with Crippen molar-refractivity contribution in [2.45, 2.75) is 12.8 Å². The molecule has 0 heterocycles. The molecule has 0 fully saturated rings. The molecule has 0 unspecified atom stereocenters. The van der Waals surface area contributed by atoms with E-state index in [-0.39, 0.29) is 5.92 Å². The lowest BCUT2D eigenvalue weighted by Gasteiger charge is -2.13. The van der Waals surface area contributed by atoms with Crippen molar-refractivity contribution >= 4 is 17.3 Å². The summed E-state index contributed by atoms with van der Waals surface area (Å²) in [4.78, 5) is 0. The van der Waals surface area contributed by atoms with Crippen LogP contribution in [0.25, 0.3) is 0 Å². The second-order valence-corrected chi connectivity index (χ2v) is 4.67. The summed E-state index contributed by atoms with van der Waals surface area (Å²) in [5.74, 6) is 0.204. The second-order valence-electron chi connectivity index (χ2n) is 4.23. The highest BCUT2D eigenvalue weighted by Gasteiger charge is 2.10. The van der Waals surface area contributed by atoms with Crippen LogP contribution in [0.2, 0.25) is 5.02 Å². The van der Waals surface area contributed by atoms with Crippen LogP contribution in [0.4, 0.5) is 5.69 Å². The summed E-state index contributed by atoms with van der Waals surface area (Å²) in [6, 6.07) is 15.4. The average Bonchev–Trinajstić information content (AvgIpc) is 2.39. The predicted molar refractivity (Wildman–Crippen MR) is 74.5 cm³/mol. The highest BCUT2D eigenvalue weighted by atomic mass is 35.5. The van der Waals surface area contributed by atoms with Gasteiger partial charge in [0.2, 0.25) is 0 Å². The molecule has 0 aromatic heterocycles. The van der Waals surface area contributed by atoms with Crippen molar-refractivity contribution in [2.75, 3.05) is 5.73 Å². The Morgan fingerprint density at radius 3 is 2.33 bits per heavy atom. The Labute approximate surface area is 112 Å². The molecule has 0 aliphatic carbocycles. The molecule has 0 saturated carbocycles. The number of halogens is 1. The number of rotatable bonds is 2. The van der Waals surface area contributed by atoms with Gasteiger partial charge in [-0.3, -0.25) is 0 Å². The van der Waals surface area contributed by atoms with Crippen LogP contribution in [0.15, 0.2) is 42.5 Å². The van der Waals surface area contributed by atoms with Gasteiger partial charge in [-0.05, 0) is 35.4 Å². The fourth-order valence-electron chi connectivity index (χ4n) is 1.88. The van der Waals surface area contributed by atoms with Gasteiger partial charge in [0.25, 0.3) is 0 Å². The van der Waals surface area contributed by atoms with Crippen molar-refractivity contribution in [3.05, 3.63) is 64.2 Å². The van der Waals surface area contributed by atoms with Gasteiger partial charge in [0.05, 0.1) is 5.56 Å². The normalized spacial score (nSPS) is 11.8. The van der Waals surface area contributed by atoms with Gasteiger partial charge in [0.15, 0.2) is 0 Å². The molecule has 0 radical (unpaired) electrons. The molecule has 90 valence electrons. The van der Waals surface area contributed by atoms with Crippen molar-refractivity contribution in [3.8, 4) is 6.07 Å².